The minimum Gasteiger partial charge on any atom is -0.208 e. The van der Waals surface area contributed by atoms with Crippen LogP contribution in [0.25, 0.3) is 98.5 Å². The summed E-state index contributed by atoms with van der Waals surface area (Å²) in [6, 6.07) is 66.3. The molecule has 248 valence electrons. The Morgan fingerprint density at radius 2 is 0.811 bits per heavy atom. The Morgan fingerprint density at radius 1 is 0.302 bits per heavy atom. The summed E-state index contributed by atoms with van der Waals surface area (Å²) in [5.41, 5.74) is 9.88. The molecule has 0 amide bonds. The fraction of sp³-hybridized carbons (Fsp3) is 0. The van der Waals surface area contributed by atoms with Crippen LogP contribution in [0.2, 0.25) is 0 Å². The van der Waals surface area contributed by atoms with E-state index in [0.29, 0.717) is 17.5 Å². The van der Waals surface area contributed by atoms with Crippen LogP contribution >= 0.6 is 11.3 Å². The lowest BCUT2D eigenvalue weighted by molar-refractivity contribution is 1.08. The molecule has 3 nitrogen and oxygen atoms in total. The van der Waals surface area contributed by atoms with E-state index in [1.54, 1.807) is 11.3 Å². The van der Waals surface area contributed by atoms with Gasteiger partial charge in [-0.2, -0.15) is 0 Å². The summed E-state index contributed by atoms with van der Waals surface area (Å²) in [6.07, 6.45) is 0. The molecule has 0 saturated carbocycles. The van der Waals surface area contributed by atoms with Gasteiger partial charge in [0.05, 0.1) is 0 Å². The van der Waals surface area contributed by atoms with E-state index in [1.807, 2.05) is 6.07 Å². The number of hydrogen-bond acceptors (Lipinski definition) is 4. The van der Waals surface area contributed by atoms with E-state index < -0.39 is 0 Å². The van der Waals surface area contributed by atoms with Crippen molar-refractivity contribution in [2.45, 2.75) is 0 Å². The first-order valence-corrected chi connectivity index (χ1v) is 18.6. The Balaban J connectivity index is 1.13. The van der Waals surface area contributed by atoms with Crippen LogP contribution in [0, 0.1) is 0 Å². The van der Waals surface area contributed by atoms with Gasteiger partial charge in [-0.3, -0.25) is 0 Å². The second kappa shape index (κ2) is 13.1. The van der Waals surface area contributed by atoms with Gasteiger partial charge in [0.2, 0.25) is 0 Å². The molecule has 10 rings (SSSR count). The van der Waals surface area contributed by atoms with E-state index in [0.717, 1.165) is 38.6 Å². The summed E-state index contributed by atoms with van der Waals surface area (Å²) in [7, 11) is 0. The third-order valence-electron chi connectivity index (χ3n) is 9.96. The average Bonchev–Trinajstić information content (AvgIpc) is 3.63. The Labute approximate surface area is 311 Å². The van der Waals surface area contributed by atoms with Gasteiger partial charge < -0.3 is 0 Å². The first kappa shape index (κ1) is 31.0. The Kier molecular flexibility index (Phi) is 7.67. The molecule has 0 aliphatic rings. The molecule has 0 spiro atoms. The predicted molar refractivity (Wildman–Crippen MR) is 223 cm³/mol. The number of thiophene rings is 1. The molecule has 0 fully saturated rings. The summed E-state index contributed by atoms with van der Waals surface area (Å²) in [6.45, 7) is 0. The maximum atomic E-state index is 5.24. The quantitative estimate of drug-likeness (QED) is 0.174. The number of aromatic nitrogens is 3. The molecule has 4 heteroatoms. The van der Waals surface area contributed by atoms with Crippen LogP contribution in [-0.4, -0.2) is 15.0 Å². The minimum atomic E-state index is 0.644. The van der Waals surface area contributed by atoms with Crippen molar-refractivity contribution in [3.8, 4) is 67.5 Å². The molecular weight excluding hydrogens is 663 g/mol. The second-order valence-electron chi connectivity index (χ2n) is 13.2. The third-order valence-corrected chi connectivity index (χ3v) is 11.2. The molecule has 0 bridgehead atoms. The van der Waals surface area contributed by atoms with Gasteiger partial charge in [0.25, 0.3) is 0 Å². The first-order valence-electron chi connectivity index (χ1n) is 17.8. The molecule has 53 heavy (non-hydrogen) atoms. The van der Waals surface area contributed by atoms with Gasteiger partial charge in [0.15, 0.2) is 17.5 Å². The largest absolute Gasteiger partial charge is 0.208 e. The molecule has 10 aromatic rings. The maximum absolute atomic E-state index is 5.24. The van der Waals surface area contributed by atoms with Crippen molar-refractivity contribution in [3.05, 3.63) is 188 Å². The van der Waals surface area contributed by atoms with Crippen LogP contribution in [0.5, 0.6) is 0 Å². The zero-order chi connectivity index (χ0) is 35.1. The van der Waals surface area contributed by atoms with Crippen molar-refractivity contribution in [1.29, 1.82) is 0 Å². The lowest BCUT2D eigenvalue weighted by Crippen LogP contribution is -2.01. The summed E-state index contributed by atoms with van der Waals surface area (Å²) in [5, 5.41) is 4.76. The van der Waals surface area contributed by atoms with Gasteiger partial charge in [-0.1, -0.05) is 164 Å². The van der Waals surface area contributed by atoms with Crippen molar-refractivity contribution >= 4 is 42.3 Å². The summed E-state index contributed by atoms with van der Waals surface area (Å²) < 4.78 is 2.42. The molecule has 0 N–H and O–H groups in total. The van der Waals surface area contributed by atoms with Gasteiger partial charge in [-0.15, -0.1) is 11.3 Å². The molecule has 0 atom stereocenters. The SMILES string of the molecule is c1ccc(-c2ccc(-c3ccc4ccc(-c5nc(-c6ccccc6-c6ccccc6)nc(-c6cccc7c6sc6ccccc67)n5)cc4c3)cc2)cc1. The van der Waals surface area contributed by atoms with Gasteiger partial charge in [-0.05, 0) is 68.4 Å². The molecule has 2 aromatic heterocycles. The van der Waals surface area contributed by atoms with Crippen LogP contribution in [0.15, 0.2) is 188 Å². The van der Waals surface area contributed by atoms with Crippen LogP contribution in [-0.2, 0) is 0 Å². The van der Waals surface area contributed by atoms with Crippen molar-refractivity contribution in [2.24, 2.45) is 0 Å². The lowest BCUT2D eigenvalue weighted by atomic mass is 9.97. The molecule has 8 aromatic carbocycles. The van der Waals surface area contributed by atoms with E-state index in [4.69, 9.17) is 15.0 Å². The number of fused-ring (bicyclic) bond motifs is 4. The molecule has 0 unspecified atom stereocenters. The zero-order valence-electron chi connectivity index (χ0n) is 28.6. The highest BCUT2D eigenvalue weighted by molar-refractivity contribution is 7.26. The van der Waals surface area contributed by atoms with Gasteiger partial charge in [-0.25, -0.2) is 15.0 Å². The van der Waals surface area contributed by atoms with Crippen LogP contribution < -0.4 is 0 Å². The van der Waals surface area contributed by atoms with Crippen LogP contribution in [0.4, 0.5) is 0 Å². The molecule has 0 radical (unpaired) electrons. The molecule has 2 heterocycles. The molecular formula is C49H31N3S. The highest BCUT2D eigenvalue weighted by Gasteiger charge is 2.18. The van der Waals surface area contributed by atoms with E-state index in [2.05, 4.69) is 182 Å². The Morgan fingerprint density at radius 3 is 1.58 bits per heavy atom. The van der Waals surface area contributed by atoms with E-state index >= 15 is 0 Å². The molecule has 0 saturated heterocycles. The van der Waals surface area contributed by atoms with Gasteiger partial charge >= 0.3 is 0 Å². The second-order valence-corrected chi connectivity index (χ2v) is 14.3. The first-order chi connectivity index (χ1) is 26.2. The number of benzene rings is 8. The van der Waals surface area contributed by atoms with Crippen molar-refractivity contribution in [1.82, 2.24) is 15.0 Å². The highest BCUT2D eigenvalue weighted by Crippen LogP contribution is 2.40. The zero-order valence-corrected chi connectivity index (χ0v) is 29.5. The predicted octanol–water partition coefficient (Wildman–Crippen LogP) is 13.4. The standard InChI is InChI=1S/C49H31N3S/c1-3-12-32(13-4-1)33-22-24-34(25-23-33)37-28-26-35-27-29-38(31-39(35)30-37)47-50-48(43-18-8-7-16-40(43)36-14-5-2-6-15-36)52-49(51-47)44-20-11-19-42-41-17-9-10-21-45(41)53-46(42)44/h1-31H. The van der Waals surface area contributed by atoms with Crippen molar-refractivity contribution in [2.75, 3.05) is 0 Å². The van der Waals surface area contributed by atoms with E-state index in [9.17, 15) is 0 Å². The minimum absolute atomic E-state index is 0.644. The summed E-state index contributed by atoms with van der Waals surface area (Å²) in [5.74, 6) is 1.96. The van der Waals surface area contributed by atoms with Gasteiger partial charge in [0.1, 0.15) is 0 Å². The van der Waals surface area contributed by atoms with Gasteiger partial charge in [0, 0.05) is 36.9 Å². The van der Waals surface area contributed by atoms with Crippen LogP contribution in [0.1, 0.15) is 0 Å². The maximum Gasteiger partial charge on any atom is 0.165 e. The van der Waals surface area contributed by atoms with E-state index in [-0.39, 0.29) is 0 Å². The monoisotopic (exact) mass is 693 g/mol. The third kappa shape index (κ3) is 5.76. The lowest BCUT2D eigenvalue weighted by Gasteiger charge is -2.13. The van der Waals surface area contributed by atoms with E-state index in [1.165, 1.54) is 42.4 Å². The van der Waals surface area contributed by atoms with Crippen molar-refractivity contribution < 1.29 is 0 Å². The van der Waals surface area contributed by atoms with Crippen molar-refractivity contribution in [3.63, 3.8) is 0 Å². The topological polar surface area (TPSA) is 38.7 Å². The fourth-order valence-electron chi connectivity index (χ4n) is 7.27. The normalized spacial score (nSPS) is 11.4. The Hall–Kier alpha value is -6.75. The number of rotatable bonds is 6. The number of nitrogens with zero attached hydrogens (tertiary/aromatic N) is 3. The summed E-state index contributed by atoms with van der Waals surface area (Å²) in [4.78, 5) is 15.7. The fourth-order valence-corrected chi connectivity index (χ4v) is 8.48. The number of hydrogen-bond donors (Lipinski definition) is 0. The van der Waals surface area contributed by atoms with Crippen LogP contribution in [0.3, 0.4) is 0 Å². The molecule has 0 aliphatic heterocycles. The summed E-state index contributed by atoms with van der Waals surface area (Å²) >= 11 is 1.79. The average molecular weight is 694 g/mol. The smallest absolute Gasteiger partial charge is 0.165 e. The Bertz CT molecular complexity index is 2930. The molecule has 0 aliphatic carbocycles. The highest BCUT2D eigenvalue weighted by atomic mass is 32.1.